The average molecular weight is 432 g/mol. The first-order chi connectivity index (χ1) is 15.3. The highest BCUT2D eigenvalue weighted by atomic mass is 16.3. The van der Waals surface area contributed by atoms with Gasteiger partial charge in [0.05, 0.1) is 6.10 Å². The molecule has 1 aromatic carbocycles. The third-order valence-corrected chi connectivity index (χ3v) is 9.16. The summed E-state index contributed by atoms with van der Waals surface area (Å²) in [6.07, 6.45) is 8.58. The fraction of sp³-hybridized carbons (Fsp3) is 0.586. The van der Waals surface area contributed by atoms with Crippen molar-refractivity contribution in [3.8, 4) is 11.8 Å². The SMILES string of the molecule is CC#C[C@@]1(O)CC[C@H]2[C@@H]3CCC4=C[C@@H](O)CCC4=C3[C@H](c3ccc(N(C)C)cc3)C[C@@]21C. The minimum atomic E-state index is -0.899. The van der Waals surface area contributed by atoms with Crippen LogP contribution in [-0.2, 0) is 0 Å². The molecule has 0 bridgehead atoms. The molecule has 0 spiro atoms. The number of fused-ring (bicyclic) bond motifs is 4. The Bertz CT molecular complexity index is 1020. The molecule has 0 aliphatic heterocycles. The quantitative estimate of drug-likeness (QED) is 0.633. The number of nitrogens with zero attached hydrogens (tertiary/aromatic N) is 1. The number of anilines is 1. The molecule has 32 heavy (non-hydrogen) atoms. The molecular formula is C29H37NO2. The van der Waals surface area contributed by atoms with Crippen LogP contribution in [0.1, 0.15) is 70.3 Å². The van der Waals surface area contributed by atoms with Gasteiger partial charge in [0.15, 0.2) is 0 Å². The fourth-order valence-electron chi connectivity index (χ4n) is 7.50. The summed E-state index contributed by atoms with van der Waals surface area (Å²) in [5.41, 5.74) is 5.98. The molecule has 0 unspecified atom stereocenters. The second-order valence-electron chi connectivity index (χ2n) is 10.9. The topological polar surface area (TPSA) is 43.7 Å². The van der Waals surface area contributed by atoms with Crippen molar-refractivity contribution in [1.82, 2.24) is 0 Å². The molecule has 0 radical (unpaired) electrons. The fourth-order valence-corrected chi connectivity index (χ4v) is 7.50. The van der Waals surface area contributed by atoms with Crippen LogP contribution >= 0.6 is 0 Å². The number of benzene rings is 1. The smallest absolute Gasteiger partial charge is 0.131 e. The summed E-state index contributed by atoms with van der Waals surface area (Å²) in [4.78, 5) is 2.14. The molecule has 0 aromatic heterocycles. The highest BCUT2D eigenvalue weighted by Gasteiger charge is 2.62. The van der Waals surface area contributed by atoms with E-state index >= 15 is 0 Å². The predicted octanol–water partition coefficient (Wildman–Crippen LogP) is 5.20. The molecule has 2 N–H and O–H groups in total. The molecule has 4 aliphatic rings. The lowest BCUT2D eigenvalue weighted by Crippen LogP contribution is -2.51. The van der Waals surface area contributed by atoms with E-state index in [4.69, 9.17) is 0 Å². The molecule has 0 saturated heterocycles. The van der Waals surface area contributed by atoms with Crippen LogP contribution in [-0.4, -0.2) is 36.0 Å². The van der Waals surface area contributed by atoms with Crippen molar-refractivity contribution in [2.75, 3.05) is 19.0 Å². The molecule has 2 fully saturated rings. The largest absolute Gasteiger partial charge is 0.389 e. The van der Waals surface area contributed by atoms with E-state index in [0.29, 0.717) is 17.8 Å². The van der Waals surface area contributed by atoms with E-state index in [2.05, 4.69) is 68.1 Å². The van der Waals surface area contributed by atoms with Crippen molar-refractivity contribution in [3.05, 3.63) is 52.6 Å². The molecule has 6 atom stereocenters. The predicted molar refractivity (Wildman–Crippen MR) is 130 cm³/mol. The van der Waals surface area contributed by atoms with Crippen molar-refractivity contribution >= 4 is 5.69 Å². The van der Waals surface area contributed by atoms with E-state index in [0.717, 1.165) is 44.9 Å². The van der Waals surface area contributed by atoms with Gasteiger partial charge in [-0.1, -0.05) is 36.6 Å². The van der Waals surface area contributed by atoms with Crippen LogP contribution in [0.5, 0.6) is 0 Å². The average Bonchev–Trinajstić information content (AvgIpc) is 3.03. The normalized spacial score (nSPS) is 38.1. The zero-order valence-electron chi connectivity index (χ0n) is 20.0. The highest BCUT2D eigenvalue weighted by Crippen LogP contribution is 2.66. The second-order valence-corrected chi connectivity index (χ2v) is 10.9. The first-order valence-electron chi connectivity index (χ1n) is 12.3. The van der Waals surface area contributed by atoms with Crippen LogP contribution in [0, 0.1) is 29.1 Å². The number of allylic oxidation sites excluding steroid dienone is 3. The highest BCUT2D eigenvalue weighted by molar-refractivity contribution is 5.52. The van der Waals surface area contributed by atoms with Gasteiger partial charge in [-0.25, -0.2) is 0 Å². The van der Waals surface area contributed by atoms with Crippen LogP contribution in [0.25, 0.3) is 0 Å². The Morgan fingerprint density at radius 2 is 1.81 bits per heavy atom. The van der Waals surface area contributed by atoms with Gasteiger partial charge >= 0.3 is 0 Å². The van der Waals surface area contributed by atoms with E-state index in [9.17, 15) is 10.2 Å². The van der Waals surface area contributed by atoms with E-state index < -0.39 is 5.60 Å². The summed E-state index contributed by atoms with van der Waals surface area (Å²) in [6, 6.07) is 9.04. The van der Waals surface area contributed by atoms with Crippen LogP contribution in [0.3, 0.4) is 0 Å². The first-order valence-corrected chi connectivity index (χ1v) is 12.3. The lowest BCUT2D eigenvalue weighted by molar-refractivity contribution is -0.0514. The minimum absolute atomic E-state index is 0.203. The number of aliphatic hydroxyl groups excluding tert-OH is 1. The van der Waals surface area contributed by atoms with Crippen LogP contribution in [0.4, 0.5) is 5.69 Å². The summed E-state index contributed by atoms with van der Waals surface area (Å²) in [5, 5.41) is 22.0. The standard InChI is InChI=1S/C29H37NO2/c1-5-15-29(32)16-14-26-24-12-8-20-17-22(31)11-13-23(20)27(24)25(18-28(26,29)2)19-6-9-21(10-7-19)30(3)4/h6-7,9-10,17,22,24-26,31-32H,8,11-14,16,18H2,1-4H3/t22-,24-,25-,26-,28-,29+/m0/s1. The third kappa shape index (κ3) is 3.18. The monoisotopic (exact) mass is 431 g/mol. The maximum absolute atomic E-state index is 11.7. The lowest BCUT2D eigenvalue weighted by atomic mass is 9.51. The number of hydrogen-bond acceptors (Lipinski definition) is 3. The Balaban J connectivity index is 1.66. The third-order valence-electron chi connectivity index (χ3n) is 9.16. The van der Waals surface area contributed by atoms with Crippen molar-refractivity contribution < 1.29 is 10.2 Å². The van der Waals surface area contributed by atoms with Crippen LogP contribution in [0.2, 0.25) is 0 Å². The molecular weight excluding hydrogens is 394 g/mol. The maximum atomic E-state index is 11.7. The van der Waals surface area contributed by atoms with Crippen LogP contribution in [0.15, 0.2) is 47.1 Å². The molecule has 3 nitrogen and oxygen atoms in total. The Morgan fingerprint density at radius 3 is 2.50 bits per heavy atom. The number of hydrogen-bond donors (Lipinski definition) is 2. The van der Waals surface area contributed by atoms with E-state index in [-0.39, 0.29) is 11.5 Å². The zero-order valence-corrected chi connectivity index (χ0v) is 20.0. The number of aliphatic hydroxyl groups is 2. The molecule has 1 aromatic rings. The van der Waals surface area contributed by atoms with Crippen molar-refractivity contribution in [2.24, 2.45) is 17.3 Å². The Morgan fingerprint density at radius 1 is 1.06 bits per heavy atom. The van der Waals surface area contributed by atoms with E-state index in [1.165, 1.54) is 22.4 Å². The molecule has 0 amide bonds. The van der Waals surface area contributed by atoms with Crippen LogP contribution < -0.4 is 4.90 Å². The van der Waals surface area contributed by atoms with Gasteiger partial charge < -0.3 is 15.1 Å². The van der Waals surface area contributed by atoms with Gasteiger partial charge in [0.2, 0.25) is 0 Å². The summed E-state index contributed by atoms with van der Waals surface area (Å²) >= 11 is 0. The molecule has 0 heterocycles. The zero-order chi connectivity index (χ0) is 22.7. The molecule has 5 rings (SSSR count). The molecule has 170 valence electrons. The summed E-state index contributed by atoms with van der Waals surface area (Å²) < 4.78 is 0. The minimum Gasteiger partial charge on any atom is -0.389 e. The van der Waals surface area contributed by atoms with Crippen molar-refractivity contribution in [2.45, 2.75) is 76.4 Å². The van der Waals surface area contributed by atoms with Crippen molar-refractivity contribution in [1.29, 1.82) is 0 Å². The summed E-state index contributed by atoms with van der Waals surface area (Å²) in [5.74, 6) is 7.58. The van der Waals surface area contributed by atoms with E-state index in [1.54, 1.807) is 5.57 Å². The van der Waals surface area contributed by atoms with Gasteiger partial charge in [0.1, 0.15) is 5.60 Å². The Hall–Kier alpha value is -2.02. The second kappa shape index (κ2) is 7.79. The Kier molecular flexibility index (Phi) is 5.31. The van der Waals surface area contributed by atoms with Gasteiger partial charge in [0.25, 0.3) is 0 Å². The van der Waals surface area contributed by atoms with Gasteiger partial charge in [0, 0.05) is 31.1 Å². The van der Waals surface area contributed by atoms with Gasteiger partial charge in [-0.05, 0) is 92.5 Å². The summed E-state index contributed by atoms with van der Waals surface area (Å²) in [7, 11) is 4.16. The van der Waals surface area contributed by atoms with Gasteiger partial charge in [-0.2, -0.15) is 0 Å². The first kappa shape index (κ1) is 21.8. The number of rotatable bonds is 2. The Labute approximate surface area is 193 Å². The van der Waals surface area contributed by atoms with Gasteiger partial charge in [-0.15, -0.1) is 5.92 Å². The van der Waals surface area contributed by atoms with Crippen molar-refractivity contribution in [3.63, 3.8) is 0 Å². The van der Waals surface area contributed by atoms with E-state index in [1.807, 2.05) is 6.92 Å². The maximum Gasteiger partial charge on any atom is 0.131 e. The molecule has 4 aliphatic carbocycles. The summed E-state index contributed by atoms with van der Waals surface area (Å²) in [6.45, 7) is 4.17. The van der Waals surface area contributed by atoms with Gasteiger partial charge in [-0.3, -0.25) is 0 Å². The molecule has 3 heteroatoms. The lowest BCUT2D eigenvalue weighted by Gasteiger charge is -2.54. The molecule has 2 saturated carbocycles.